The Balaban J connectivity index is 2.54. The number of nitrogens with one attached hydrogen (secondary N) is 1. The highest BCUT2D eigenvalue weighted by Gasteiger charge is 2.23. The van der Waals surface area contributed by atoms with E-state index in [4.69, 9.17) is 5.73 Å². The quantitative estimate of drug-likeness (QED) is 0.490. The maximum absolute atomic E-state index is 11.9. The van der Waals surface area contributed by atoms with Gasteiger partial charge in [-0.2, -0.15) is 0 Å². The third-order valence-electron chi connectivity index (χ3n) is 3.21. The number of urea groups is 1. The molecule has 0 spiro atoms. The molecule has 9 heteroatoms. The summed E-state index contributed by atoms with van der Waals surface area (Å²) in [5, 5.41) is 22.0. The van der Waals surface area contributed by atoms with Crippen LogP contribution in [0.25, 0.3) is 0 Å². The summed E-state index contributed by atoms with van der Waals surface area (Å²) in [6, 6.07) is 5.50. The Hall–Kier alpha value is -3.62. The Morgan fingerprint density at radius 3 is 2.48 bits per heavy atom. The summed E-state index contributed by atoms with van der Waals surface area (Å²) in [5.74, 6) is -2.35. The van der Waals surface area contributed by atoms with E-state index in [1.165, 1.54) is 13.0 Å². The SMILES string of the molecule is CC(=O)c1c(O)oc(=O)c(C(C)=Nc2cccc(NC(N)=O)c2)c1O. The summed E-state index contributed by atoms with van der Waals surface area (Å²) in [7, 11) is 0. The van der Waals surface area contributed by atoms with Crippen molar-refractivity contribution in [3.05, 3.63) is 45.8 Å². The zero-order chi connectivity index (χ0) is 18.7. The van der Waals surface area contributed by atoms with Crippen LogP contribution in [0, 0.1) is 0 Å². The van der Waals surface area contributed by atoms with Crippen molar-refractivity contribution in [2.45, 2.75) is 13.8 Å². The number of hydrogen-bond acceptors (Lipinski definition) is 7. The minimum Gasteiger partial charge on any atom is -0.506 e. The number of aromatic hydroxyl groups is 2. The molecule has 2 rings (SSSR count). The van der Waals surface area contributed by atoms with Gasteiger partial charge in [-0.1, -0.05) is 6.07 Å². The molecule has 1 heterocycles. The Labute approximate surface area is 141 Å². The molecule has 0 saturated carbocycles. The predicted octanol–water partition coefficient (Wildman–Crippen LogP) is 1.88. The zero-order valence-corrected chi connectivity index (χ0v) is 13.4. The third-order valence-corrected chi connectivity index (χ3v) is 3.21. The molecule has 2 aromatic rings. The van der Waals surface area contributed by atoms with Crippen LogP contribution in [0.1, 0.15) is 29.8 Å². The van der Waals surface area contributed by atoms with Crippen molar-refractivity contribution < 1.29 is 24.2 Å². The van der Waals surface area contributed by atoms with Crippen molar-refractivity contribution in [1.82, 2.24) is 0 Å². The lowest BCUT2D eigenvalue weighted by atomic mass is 10.1. The fraction of sp³-hybridized carbons (Fsp3) is 0.125. The van der Waals surface area contributed by atoms with Gasteiger partial charge in [0.15, 0.2) is 5.78 Å². The Morgan fingerprint density at radius 1 is 1.20 bits per heavy atom. The van der Waals surface area contributed by atoms with Gasteiger partial charge in [-0.05, 0) is 32.0 Å². The summed E-state index contributed by atoms with van der Waals surface area (Å²) in [6.07, 6.45) is 0. The van der Waals surface area contributed by atoms with Crippen LogP contribution in [-0.2, 0) is 0 Å². The lowest BCUT2D eigenvalue weighted by Gasteiger charge is -2.08. The fourth-order valence-corrected chi connectivity index (χ4v) is 2.19. The second-order valence-corrected chi connectivity index (χ2v) is 5.09. The van der Waals surface area contributed by atoms with Crippen LogP contribution in [0.5, 0.6) is 11.7 Å². The van der Waals surface area contributed by atoms with Crippen LogP contribution in [-0.4, -0.2) is 27.7 Å². The van der Waals surface area contributed by atoms with Gasteiger partial charge in [-0.15, -0.1) is 0 Å². The first kappa shape index (κ1) is 17.7. The van der Waals surface area contributed by atoms with Gasteiger partial charge in [0.1, 0.15) is 16.9 Å². The van der Waals surface area contributed by atoms with Gasteiger partial charge in [0.05, 0.1) is 11.4 Å². The Morgan fingerprint density at radius 2 is 1.88 bits per heavy atom. The number of hydrogen-bond donors (Lipinski definition) is 4. The molecule has 0 fully saturated rings. The van der Waals surface area contributed by atoms with E-state index in [1.807, 2.05) is 0 Å². The molecule has 0 saturated heterocycles. The summed E-state index contributed by atoms with van der Waals surface area (Å²) in [6.45, 7) is 2.52. The number of rotatable bonds is 4. The minimum atomic E-state index is -1.05. The van der Waals surface area contributed by atoms with Crippen LogP contribution in [0.4, 0.5) is 16.2 Å². The smallest absolute Gasteiger partial charge is 0.351 e. The second kappa shape index (κ2) is 6.87. The van der Waals surface area contributed by atoms with E-state index in [2.05, 4.69) is 14.7 Å². The third kappa shape index (κ3) is 3.83. The fourth-order valence-electron chi connectivity index (χ4n) is 2.19. The molecule has 9 nitrogen and oxygen atoms in total. The molecule has 0 aliphatic heterocycles. The van der Waals surface area contributed by atoms with Crippen molar-refractivity contribution >= 4 is 28.9 Å². The van der Waals surface area contributed by atoms with Crippen molar-refractivity contribution in [3.8, 4) is 11.7 Å². The number of nitrogens with two attached hydrogens (primary N) is 1. The highest BCUT2D eigenvalue weighted by molar-refractivity contribution is 6.07. The monoisotopic (exact) mass is 345 g/mol. The van der Waals surface area contributed by atoms with Gasteiger partial charge in [0, 0.05) is 5.69 Å². The number of aliphatic imine (C=N–C) groups is 1. The molecule has 0 radical (unpaired) electrons. The molecule has 130 valence electrons. The molecule has 0 unspecified atom stereocenters. The lowest BCUT2D eigenvalue weighted by Crippen LogP contribution is -2.19. The second-order valence-electron chi connectivity index (χ2n) is 5.09. The number of benzene rings is 1. The predicted molar refractivity (Wildman–Crippen MR) is 89.8 cm³/mol. The number of primary amides is 1. The normalized spacial score (nSPS) is 11.2. The summed E-state index contributed by atoms with van der Waals surface area (Å²) >= 11 is 0. The zero-order valence-electron chi connectivity index (χ0n) is 13.4. The van der Waals surface area contributed by atoms with E-state index in [1.54, 1.807) is 18.2 Å². The molecule has 5 N–H and O–H groups in total. The number of carbonyl (C=O) groups is 2. The van der Waals surface area contributed by atoms with Crippen molar-refractivity contribution in [1.29, 1.82) is 0 Å². The molecule has 25 heavy (non-hydrogen) atoms. The van der Waals surface area contributed by atoms with E-state index in [0.29, 0.717) is 11.4 Å². The molecular weight excluding hydrogens is 330 g/mol. The Kier molecular flexibility index (Phi) is 4.87. The molecule has 0 aliphatic carbocycles. The van der Waals surface area contributed by atoms with Gasteiger partial charge in [-0.3, -0.25) is 9.79 Å². The van der Waals surface area contributed by atoms with Crippen LogP contribution >= 0.6 is 0 Å². The maximum Gasteiger partial charge on any atom is 0.351 e. The molecule has 1 aromatic heterocycles. The van der Waals surface area contributed by atoms with E-state index < -0.39 is 34.7 Å². The van der Waals surface area contributed by atoms with E-state index >= 15 is 0 Å². The first-order valence-corrected chi connectivity index (χ1v) is 7.03. The number of anilines is 1. The molecule has 1 aromatic carbocycles. The Bertz CT molecular complexity index is 945. The summed E-state index contributed by atoms with van der Waals surface area (Å²) < 4.78 is 4.58. The number of carbonyl (C=O) groups excluding carboxylic acids is 2. The van der Waals surface area contributed by atoms with E-state index in [0.717, 1.165) is 6.92 Å². The van der Waals surface area contributed by atoms with Crippen molar-refractivity contribution in [2.24, 2.45) is 10.7 Å². The van der Waals surface area contributed by atoms with Crippen LogP contribution in [0.15, 0.2) is 38.5 Å². The first-order chi connectivity index (χ1) is 11.7. The highest BCUT2D eigenvalue weighted by atomic mass is 16.5. The number of nitrogens with zero attached hydrogens (tertiary/aromatic N) is 1. The van der Waals surface area contributed by atoms with E-state index in [9.17, 15) is 24.6 Å². The van der Waals surface area contributed by atoms with Gasteiger partial charge in [0.2, 0.25) is 0 Å². The lowest BCUT2D eigenvalue weighted by molar-refractivity contribution is 0.100. The summed E-state index contributed by atoms with van der Waals surface area (Å²) in [4.78, 5) is 38.5. The average Bonchev–Trinajstić information content (AvgIpc) is 2.45. The standard InChI is InChI=1S/C16H15N3O6/c1-7(18-9-4-3-5-10(6-9)19-16(17)24)11-13(21)12(8(2)20)15(23)25-14(11)22/h3-6,21,23H,1-2H3,(H3,17,19,24). The van der Waals surface area contributed by atoms with Crippen molar-refractivity contribution in [3.63, 3.8) is 0 Å². The van der Waals surface area contributed by atoms with Gasteiger partial charge >= 0.3 is 11.7 Å². The number of ketones is 1. The molecule has 0 atom stereocenters. The van der Waals surface area contributed by atoms with Crippen molar-refractivity contribution in [2.75, 3.05) is 5.32 Å². The molecule has 0 bridgehead atoms. The van der Waals surface area contributed by atoms with Gasteiger partial charge in [0.25, 0.3) is 5.95 Å². The molecular formula is C16H15N3O6. The average molecular weight is 345 g/mol. The summed E-state index contributed by atoms with van der Waals surface area (Å²) in [5.41, 5.74) is 3.91. The largest absolute Gasteiger partial charge is 0.506 e. The number of Topliss-reactive ketones (excluding diaryl/α,β-unsaturated/α-hetero) is 1. The van der Waals surface area contributed by atoms with Crippen LogP contribution in [0.2, 0.25) is 0 Å². The maximum atomic E-state index is 11.9. The van der Waals surface area contributed by atoms with Crippen LogP contribution < -0.4 is 16.7 Å². The van der Waals surface area contributed by atoms with Gasteiger partial charge < -0.3 is 25.7 Å². The molecule has 2 amide bonds. The first-order valence-electron chi connectivity index (χ1n) is 7.03. The number of amides is 2. The van der Waals surface area contributed by atoms with Gasteiger partial charge in [-0.25, -0.2) is 9.59 Å². The van der Waals surface area contributed by atoms with Crippen LogP contribution in [0.3, 0.4) is 0 Å². The van der Waals surface area contributed by atoms with E-state index in [-0.39, 0.29) is 11.3 Å². The minimum absolute atomic E-state index is 0.0463. The highest BCUT2D eigenvalue weighted by Crippen LogP contribution is 2.29. The molecule has 0 aliphatic rings. The topological polar surface area (TPSA) is 155 Å².